The first-order valence-corrected chi connectivity index (χ1v) is 50.4. The van der Waals surface area contributed by atoms with Gasteiger partial charge < -0.3 is 28.0 Å². The molecule has 0 amide bonds. The van der Waals surface area contributed by atoms with Crippen LogP contribution in [-0.2, 0) is 0 Å². The van der Waals surface area contributed by atoms with Crippen LogP contribution in [0.3, 0.4) is 0 Å². The zero-order valence-electron chi connectivity index (χ0n) is 81.1. The summed E-state index contributed by atoms with van der Waals surface area (Å²) < 4.78 is 19.0. The van der Waals surface area contributed by atoms with Gasteiger partial charge in [-0.05, 0) is 279 Å². The van der Waals surface area contributed by atoms with E-state index in [-0.39, 0.29) is 0 Å². The van der Waals surface area contributed by atoms with Crippen LogP contribution in [0.2, 0.25) is 0 Å². The van der Waals surface area contributed by atoms with E-state index in [1.165, 1.54) is 122 Å². The van der Waals surface area contributed by atoms with E-state index in [4.69, 9.17) is 13.3 Å². The minimum atomic E-state index is 0.870. The fourth-order valence-corrected chi connectivity index (χ4v) is 21.0. The van der Waals surface area contributed by atoms with E-state index in [9.17, 15) is 0 Å². The fraction of sp³-hybridized carbons (Fsp3) is 0. The Kier molecular flexibility index (Phi) is 24.5. The van der Waals surface area contributed by atoms with Crippen molar-refractivity contribution in [3.05, 3.63) is 588 Å². The Morgan fingerprint density at radius 2 is 0.358 bits per heavy atom. The van der Waals surface area contributed by atoms with Gasteiger partial charge in [-0.2, -0.15) is 0 Å². The summed E-state index contributed by atoms with van der Waals surface area (Å²) >= 11 is 0. The summed E-state index contributed by atoms with van der Waals surface area (Å²) in [6, 6.07) is 209. The molecule has 3 aromatic heterocycles. The molecule has 6 heteroatoms. The highest BCUT2D eigenvalue weighted by Crippen LogP contribution is 2.49. The molecule has 0 aliphatic carbocycles. The average Bonchev–Trinajstić information content (AvgIpc) is 1.45. The van der Waals surface area contributed by atoms with Crippen LogP contribution < -0.4 is 14.7 Å². The standard InChI is InChI=1S/C52H35NO.C48H33NO.C42H29NO/c1-3-13-37(14-4-1)46-34-29-41(35-48(46)39-15-5-2-6-16-39)36-25-30-42(31-26-36)53(49-22-12-24-51-52(49)47-20-9-10-23-50(47)54-51)43-32-27-40(28-33-43)45-21-11-18-38-17-7-8-19-44(38)45;1-4-12-34(13-5-1)35-20-25-40(26-21-35)49(42-29-31-45-44-18-10-11-19-47(44)50-48(45)33-42)41-27-22-36(23-28-41)39-24-30-43(37-14-6-2-7-15-37)46(32-39)38-16-8-3-9-17-38;1-4-12-31(13-5-1)37-26-22-33(28-40(37)32-14-6-2-7-15-32)30-20-23-35(24-21-30)43(34-16-8-3-9-17-34)36-25-27-39-38-18-10-11-19-41(38)44-42(39)29-36/h1-35H;1-33H;1-29H. The Balaban J connectivity index is 0.000000116. The van der Waals surface area contributed by atoms with Gasteiger partial charge in [0.05, 0.1) is 11.1 Å². The highest BCUT2D eigenvalue weighted by Gasteiger charge is 2.25. The van der Waals surface area contributed by atoms with Crippen molar-refractivity contribution in [1.29, 1.82) is 0 Å². The third-order valence-corrected chi connectivity index (χ3v) is 28.3. The number of rotatable bonds is 20. The van der Waals surface area contributed by atoms with E-state index in [1.54, 1.807) is 0 Å². The third kappa shape index (κ3) is 18.1. The van der Waals surface area contributed by atoms with Crippen molar-refractivity contribution < 1.29 is 13.3 Å². The maximum Gasteiger partial charge on any atom is 0.137 e. The van der Waals surface area contributed by atoms with Gasteiger partial charge in [0.2, 0.25) is 0 Å². The molecule has 0 aliphatic heterocycles. The van der Waals surface area contributed by atoms with Crippen molar-refractivity contribution in [3.63, 3.8) is 0 Å². The minimum absolute atomic E-state index is 0.870. The van der Waals surface area contributed by atoms with Crippen LogP contribution in [0.25, 0.3) is 199 Å². The van der Waals surface area contributed by atoms with E-state index in [2.05, 4.69) is 567 Å². The normalized spacial score (nSPS) is 11.2. The lowest BCUT2D eigenvalue weighted by atomic mass is 9.91. The molecule has 6 nitrogen and oxygen atoms in total. The molecule has 698 valence electrons. The number of anilines is 9. The predicted octanol–water partition coefficient (Wildman–Crippen LogP) is 40.7. The number of fused-ring (bicyclic) bond motifs is 10. The fourth-order valence-electron chi connectivity index (χ4n) is 21.0. The van der Waals surface area contributed by atoms with Crippen LogP contribution in [0.15, 0.2) is 602 Å². The summed E-state index contributed by atoms with van der Waals surface area (Å²) in [6.07, 6.45) is 0. The topological polar surface area (TPSA) is 49.1 Å². The van der Waals surface area contributed by atoms with Gasteiger partial charge in [0.1, 0.15) is 33.5 Å². The van der Waals surface area contributed by atoms with Crippen molar-refractivity contribution in [1.82, 2.24) is 0 Å². The molecule has 0 saturated carbocycles. The van der Waals surface area contributed by atoms with Crippen LogP contribution in [0.5, 0.6) is 0 Å². The van der Waals surface area contributed by atoms with Gasteiger partial charge in [-0.15, -0.1) is 0 Å². The molecule has 0 N–H and O–H groups in total. The maximum atomic E-state index is 6.37. The number of para-hydroxylation sites is 4. The summed E-state index contributed by atoms with van der Waals surface area (Å²) in [5.74, 6) is 0. The molecule has 27 rings (SSSR count). The summed E-state index contributed by atoms with van der Waals surface area (Å²) in [7, 11) is 0. The van der Waals surface area contributed by atoms with E-state index in [0.717, 1.165) is 128 Å². The SMILES string of the molecule is c1ccc(-c2ccc(-c3ccc(N(c4ccc(-c5cccc6ccccc56)cc4)c4cccc5oc6ccccc6c45)cc3)cc2-c2ccccc2)cc1.c1ccc(-c2ccc(-c3ccc(N(c4ccccc4)c4ccc5c(c4)oc4ccccc45)cc3)cc2-c2ccccc2)cc1.c1ccc(-c2ccc(N(c3ccc(-c4ccc(-c5ccccc5)c(-c5ccccc5)c4)cc3)c3ccc4c(c3)oc3ccccc34)cc2)cc1. The molecule has 24 aromatic carbocycles. The Morgan fingerprint density at radius 1 is 0.115 bits per heavy atom. The molecule has 0 aliphatic rings. The highest BCUT2D eigenvalue weighted by atomic mass is 16.3. The molecule has 27 aromatic rings. The zero-order valence-corrected chi connectivity index (χ0v) is 81.1. The smallest absolute Gasteiger partial charge is 0.137 e. The summed E-state index contributed by atoms with van der Waals surface area (Å²) in [5.41, 5.74) is 41.4. The average molecular weight is 1890 g/mol. The molecule has 0 radical (unpaired) electrons. The number of nitrogens with zero attached hydrogens (tertiary/aromatic N) is 3. The Hall–Kier alpha value is -19.7. The Labute approximate surface area is 860 Å². The zero-order chi connectivity index (χ0) is 98.4. The minimum Gasteiger partial charge on any atom is -0.456 e. The summed E-state index contributed by atoms with van der Waals surface area (Å²) in [4.78, 5) is 6.94. The van der Waals surface area contributed by atoms with Gasteiger partial charge in [0, 0.05) is 84.6 Å². The van der Waals surface area contributed by atoms with Crippen LogP contribution >= 0.6 is 0 Å². The second kappa shape index (κ2) is 40.4. The van der Waals surface area contributed by atoms with Crippen LogP contribution in [0.1, 0.15) is 0 Å². The molecule has 148 heavy (non-hydrogen) atoms. The number of hydrogen-bond acceptors (Lipinski definition) is 6. The monoisotopic (exact) mass is 1890 g/mol. The lowest BCUT2D eigenvalue weighted by Gasteiger charge is -2.27. The van der Waals surface area contributed by atoms with E-state index >= 15 is 0 Å². The largest absolute Gasteiger partial charge is 0.456 e. The lowest BCUT2D eigenvalue weighted by molar-refractivity contribution is 0.668. The highest BCUT2D eigenvalue weighted by molar-refractivity contribution is 6.14. The second-order valence-electron chi connectivity index (χ2n) is 37.3. The molecule has 0 spiro atoms. The van der Waals surface area contributed by atoms with Crippen molar-refractivity contribution in [2.24, 2.45) is 0 Å². The predicted molar refractivity (Wildman–Crippen MR) is 623 cm³/mol. The van der Waals surface area contributed by atoms with Gasteiger partial charge in [-0.3, -0.25) is 0 Å². The van der Waals surface area contributed by atoms with Crippen molar-refractivity contribution in [3.8, 4) is 122 Å². The van der Waals surface area contributed by atoms with Gasteiger partial charge in [-0.1, -0.05) is 431 Å². The molecule has 0 saturated heterocycles. The van der Waals surface area contributed by atoms with E-state index in [1.807, 2.05) is 36.4 Å². The molecule has 0 fully saturated rings. The summed E-state index contributed by atoms with van der Waals surface area (Å²) in [5, 5.41) is 9.20. The van der Waals surface area contributed by atoms with Crippen molar-refractivity contribution >= 4 is 128 Å². The first kappa shape index (κ1) is 89.7. The number of benzene rings is 24. The Bertz CT molecular complexity index is 9380. The van der Waals surface area contributed by atoms with E-state index in [0.29, 0.717) is 0 Å². The van der Waals surface area contributed by atoms with E-state index < -0.39 is 0 Å². The van der Waals surface area contributed by atoms with Crippen molar-refractivity contribution in [2.45, 2.75) is 0 Å². The first-order chi connectivity index (χ1) is 73.4. The number of furan rings is 3. The van der Waals surface area contributed by atoms with Crippen LogP contribution in [-0.4, -0.2) is 0 Å². The summed E-state index contributed by atoms with van der Waals surface area (Å²) in [6.45, 7) is 0. The van der Waals surface area contributed by atoms with Crippen molar-refractivity contribution in [2.75, 3.05) is 14.7 Å². The molecule has 0 atom stereocenters. The second-order valence-corrected chi connectivity index (χ2v) is 37.3. The van der Waals surface area contributed by atoms with Crippen LogP contribution in [0, 0.1) is 0 Å². The first-order valence-electron chi connectivity index (χ1n) is 50.4. The van der Waals surface area contributed by atoms with Gasteiger partial charge in [-0.25, -0.2) is 0 Å². The lowest BCUT2D eigenvalue weighted by Crippen LogP contribution is -2.10. The van der Waals surface area contributed by atoms with Gasteiger partial charge in [0.25, 0.3) is 0 Å². The molecule has 0 bridgehead atoms. The van der Waals surface area contributed by atoms with Gasteiger partial charge in [0.15, 0.2) is 0 Å². The Morgan fingerprint density at radius 3 is 0.750 bits per heavy atom. The molecular weight excluding hydrogens is 1800 g/mol. The van der Waals surface area contributed by atoms with Crippen LogP contribution in [0.4, 0.5) is 51.2 Å². The quantitative estimate of drug-likeness (QED) is 0.0758. The number of hydrogen-bond donors (Lipinski definition) is 0. The molecular formula is C142H97N3O3. The maximum absolute atomic E-state index is 6.37. The molecule has 3 heterocycles. The molecule has 0 unspecified atom stereocenters. The third-order valence-electron chi connectivity index (χ3n) is 28.3. The van der Waals surface area contributed by atoms with Gasteiger partial charge >= 0.3 is 0 Å².